The molecule has 1 aliphatic heterocycles. The zero-order chi connectivity index (χ0) is 22.3. The Labute approximate surface area is 178 Å². The molecular weight excluding hydrogens is 426 g/mol. The summed E-state index contributed by atoms with van der Waals surface area (Å²) in [6.07, 6.45) is 0. The summed E-state index contributed by atoms with van der Waals surface area (Å²) >= 11 is 0. The first-order valence-corrected chi connectivity index (χ1v) is 10.7. The summed E-state index contributed by atoms with van der Waals surface area (Å²) in [5.74, 6) is -1.19. The number of aryl methyl sites for hydroxylation is 1. The second kappa shape index (κ2) is 7.66. The summed E-state index contributed by atoms with van der Waals surface area (Å²) in [7, 11) is -2.94. The van der Waals surface area contributed by atoms with Crippen molar-refractivity contribution < 1.29 is 26.7 Å². The molecule has 0 N–H and O–H groups in total. The molecule has 3 aromatic carbocycles. The van der Waals surface area contributed by atoms with Crippen LogP contribution < -0.4 is 13.9 Å². The SMILES string of the molecule is COc1ccc(CN2C(=O)N(c3ccc(C)c(F)c3)S(=O)(=O)c3ccccc32)cc1F. The number of hydrogen-bond donors (Lipinski definition) is 0. The molecular formula is C22H18F2N2O4S. The van der Waals surface area contributed by atoms with E-state index < -0.39 is 27.7 Å². The van der Waals surface area contributed by atoms with Crippen molar-refractivity contribution in [2.45, 2.75) is 18.4 Å². The van der Waals surface area contributed by atoms with Gasteiger partial charge >= 0.3 is 6.03 Å². The van der Waals surface area contributed by atoms with Gasteiger partial charge in [0.15, 0.2) is 11.6 Å². The van der Waals surface area contributed by atoms with Gasteiger partial charge in [-0.05, 0) is 54.4 Å². The maximum atomic E-state index is 14.2. The molecule has 0 fully saturated rings. The highest BCUT2D eigenvalue weighted by molar-refractivity contribution is 7.94. The fourth-order valence-corrected chi connectivity index (χ4v) is 5.00. The van der Waals surface area contributed by atoms with Crippen LogP contribution in [0.5, 0.6) is 5.75 Å². The highest BCUT2D eigenvalue weighted by atomic mass is 32.2. The zero-order valence-corrected chi connectivity index (χ0v) is 17.5. The Morgan fingerprint density at radius 1 is 0.968 bits per heavy atom. The molecule has 4 rings (SSSR count). The fourth-order valence-electron chi connectivity index (χ4n) is 3.41. The van der Waals surface area contributed by atoms with Gasteiger partial charge in [0.2, 0.25) is 0 Å². The van der Waals surface area contributed by atoms with Gasteiger partial charge in [-0.15, -0.1) is 0 Å². The van der Waals surface area contributed by atoms with E-state index in [2.05, 4.69) is 0 Å². The lowest BCUT2D eigenvalue weighted by atomic mass is 10.1. The van der Waals surface area contributed by atoms with Gasteiger partial charge in [0.1, 0.15) is 10.7 Å². The number of amides is 2. The number of sulfonamides is 1. The lowest BCUT2D eigenvalue weighted by Gasteiger charge is -2.36. The molecule has 0 saturated carbocycles. The van der Waals surface area contributed by atoms with Gasteiger partial charge < -0.3 is 4.74 Å². The molecule has 160 valence electrons. The van der Waals surface area contributed by atoms with E-state index in [-0.39, 0.29) is 28.6 Å². The molecule has 0 aromatic heterocycles. The van der Waals surface area contributed by atoms with Crippen molar-refractivity contribution in [2.24, 2.45) is 0 Å². The van der Waals surface area contributed by atoms with Gasteiger partial charge in [-0.1, -0.05) is 24.3 Å². The van der Waals surface area contributed by atoms with Crippen molar-refractivity contribution in [3.63, 3.8) is 0 Å². The van der Waals surface area contributed by atoms with E-state index in [0.717, 1.165) is 6.07 Å². The summed E-state index contributed by atoms with van der Waals surface area (Å²) in [6.45, 7) is 1.43. The Balaban J connectivity index is 1.84. The topological polar surface area (TPSA) is 66.9 Å². The lowest BCUT2D eigenvalue weighted by Crippen LogP contribution is -2.50. The molecule has 3 aromatic rings. The maximum absolute atomic E-state index is 14.2. The molecule has 0 spiro atoms. The van der Waals surface area contributed by atoms with Crippen LogP contribution in [0.15, 0.2) is 65.6 Å². The van der Waals surface area contributed by atoms with Crippen molar-refractivity contribution in [1.29, 1.82) is 0 Å². The van der Waals surface area contributed by atoms with E-state index in [1.807, 2.05) is 0 Å². The average molecular weight is 444 g/mol. The first-order chi connectivity index (χ1) is 14.7. The van der Waals surface area contributed by atoms with E-state index >= 15 is 0 Å². The first-order valence-electron chi connectivity index (χ1n) is 9.28. The predicted molar refractivity (Wildman–Crippen MR) is 112 cm³/mol. The van der Waals surface area contributed by atoms with Gasteiger partial charge in [0.25, 0.3) is 10.0 Å². The number of rotatable bonds is 4. The average Bonchev–Trinajstić information content (AvgIpc) is 2.74. The molecule has 0 atom stereocenters. The van der Waals surface area contributed by atoms with Crippen LogP contribution in [0.25, 0.3) is 0 Å². The Kier molecular flexibility index (Phi) is 5.14. The second-order valence-corrected chi connectivity index (χ2v) is 8.76. The van der Waals surface area contributed by atoms with Gasteiger partial charge in [-0.25, -0.2) is 22.0 Å². The molecule has 2 amide bonds. The predicted octanol–water partition coefficient (Wildman–Crippen LogP) is 4.62. The largest absolute Gasteiger partial charge is 0.494 e. The quantitative estimate of drug-likeness (QED) is 0.589. The van der Waals surface area contributed by atoms with Crippen molar-refractivity contribution in [3.8, 4) is 5.75 Å². The lowest BCUT2D eigenvalue weighted by molar-refractivity contribution is 0.253. The third kappa shape index (κ3) is 3.50. The molecule has 0 saturated heterocycles. The smallest absolute Gasteiger partial charge is 0.343 e. The minimum Gasteiger partial charge on any atom is -0.494 e. The van der Waals surface area contributed by atoms with Gasteiger partial charge in [0.05, 0.1) is 25.0 Å². The molecule has 1 aliphatic rings. The van der Waals surface area contributed by atoms with E-state index in [0.29, 0.717) is 15.4 Å². The third-order valence-electron chi connectivity index (χ3n) is 5.03. The number of nitrogens with zero attached hydrogens (tertiary/aromatic N) is 2. The molecule has 0 bridgehead atoms. The number of ether oxygens (including phenoxy) is 1. The third-order valence-corrected chi connectivity index (χ3v) is 6.77. The molecule has 0 unspecified atom stereocenters. The number of halogens is 2. The normalized spacial score (nSPS) is 15.0. The summed E-state index contributed by atoms with van der Waals surface area (Å²) < 4.78 is 60.3. The number of benzene rings is 3. The van der Waals surface area contributed by atoms with Crippen molar-refractivity contribution in [1.82, 2.24) is 0 Å². The number of hydrogen-bond acceptors (Lipinski definition) is 4. The minimum absolute atomic E-state index is 0.0495. The number of urea groups is 1. The van der Waals surface area contributed by atoms with Gasteiger partial charge in [0, 0.05) is 0 Å². The monoisotopic (exact) mass is 444 g/mol. The summed E-state index contributed by atoms with van der Waals surface area (Å²) in [5, 5.41) is 0. The number of carbonyl (C=O) groups excluding carboxylic acids is 1. The van der Waals surface area contributed by atoms with Crippen LogP contribution in [0.4, 0.5) is 25.0 Å². The molecule has 31 heavy (non-hydrogen) atoms. The van der Waals surface area contributed by atoms with Crippen LogP contribution in [0, 0.1) is 18.6 Å². The van der Waals surface area contributed by atoms with E-state index in [9.17, 15) is 22.0 Å². The van der Waals surface area contributed by atoms with E-state index in [1.165, 1.54) is 61.4 Å². The summed E-state index contributed by atoms with van der Waals surface area (Å²) in [5.41, 5.74) is 0.786. The van der Waals surface area contributed by atoms with E-state index in [1.54, 1.807) is 12.1 Å². The van der Waals surface area contributed by atoms with Crippen LogP contribution in [0.1, 0.15) is 11.1 Å². The Morgan fingerprint density at radius 3 is 2.39 bits per heavy atom. The summed E-state index contributed by atoms with van der Waals surface area (Å²) in [6, 6.07) is 13.1. The molecule has 0 radical (unpaired) electrons. The fraction of sp³-hybridized carbons (Fsp3) is 0.136. The maximum Gasteiger partial charge on any atom is 0.343 e. The number of para-hydroxylation sites is 1. The van der Waals surface area contributed by atoms with Gasteiger partial charge in [-0.2, -0.15) is 4.31 Å². The Hall–Kier alpha value is -3.46. The van der Waals surface area contributed by atoms with Crippen LogP contribution in [0.3, 0.4) is 0 Å². The molecule has 9 heteroatoms. The van der Waals surface area contributed by atoms with Crippen LogP contribution >= 0.6 is 0 Å². The highest BCUT2D eigenvalue weighted by Crippen LogP contribution is 2.38. The molecule has 1 heterocycles. The number of anilines is 2. The highest BCUT2D eigenvalue weighted by Gasteiger charge is 2.42. The van der Waals surface area contributed by atoms with Crippen LogP contribution in [0.2, 0.25) is 0 Å². The van der Waals surface area contributed by atoms with Crippen LogP contribution in [-0.4, -0.2) is 21.6 Å². The summed E-state index contributed by atoms with van der Waals surface area (Å²) in [4.78, 5) is 14.5. The zero-order valence-electron chi connectivity index (χ0n) is 16.7. The van der Waals surface area contributed by atoms with Crippen LogP contribution in [-0.2, 0) is 16.6 Å². The van der Waals surface area contributed by atoms with Crippen molar-refractivity contribution >= 4 is 27.4 Å². The standard InChI is InChI=1S/C22H18F2N2O4S/c1-14-7-9-16(12-17(14)23)26-22(27)25(13-15-8-10-20(30-2)18(24)11-15)19-5-3-4-6-21(19)31(26,28)29/h3-12H,13H2,1-2H3. The van der Waals surface area contributed by atoms with Crippen molar-refractivity contribution in [3.05, 3.63) is 83.4 Å². The minimum atomic E-state index is -4.28. The Morgan fingerprint density at radius 2 is 1.71 bits per heavy atom. The number of carbonyl (C=O) groups is 1. The van der Waals surface area contributed by atoms with E-state index in [4.69, 9.17) is 4.74 Å². The first kappa shape index (κ1) is 20.8. The van der Waals surface area contributed by atoms with Gasteiger partial charge in [-0.3, -0.25) is 4.90 Å². The Bertz CT molecular complexity index is 1290. The van der Waals surface area contributed by atoms with Crippen molar-refractivity contribution in [2.75, 3.05) is 16.3 Å². The number of methoxy groups -OCH3 is 1. The molecule has 6 nitrogen and oxygen atoms in total. The number of fused-ring (bicyclic) bond motifs is 1. The second-order valence-electron chi connectivity index (χ2n) is 7.01. The molecule has 0 aliphatic carbocycles.